The highest BCUT2D eigenvalue weighted by Gasteiger charge is 2.17. The van der Waals surface area contributed by atoms with Gasteiger partial charge >= 0.3 is 0 Å². The molecule has 0 saturated carbocycles. The lowest BCUT2D eigenvalue weighted by Gasteiger charge is -2.20. The number of carbonyl (C=O) groups excluding carboxylic acids is 1. The number of amides is 1. The van der Waals surface area contributed by atoms with Crippen molar-refractivity contribution < 1.29 is 18.0 Å². The van der Waals surface area contributed by atoms with E-state index in [1.807, 2.05) is 6.92 Å². The molecule has 1 aromatic rings. The Hall–Kier alpha value is -1.56. The first kappa shape index (κ1) is 15.5. The molecule has 1 rings (SSSR count). The molecule has 0 fully saturated rings. The predicted octanol–water partition coefficient (Wildman–Crippen LogP) is 2.06. The zero-order chi connectivity index (χ0) is 14.6. The third-order valence-electron chi connectivity index (χ3n) is 2.91. The average Bonchev–Trinajstić information content (AvgIpc) is 2.39. The zero-order valence-electron chi connectivity index (χ0n) is 11.1. The summed E-state index contributed by atoms with van der Waals surface area (Å²) < 4.78 is 39.1. The minimum absolute atomic E-state index is 0.0160. The first-order valence-electron chi connectivity index (χ1n) is 5.98. The Morgan fingerprint density at radius 3 is 2.42 bits per heavy atom. The first-order valence-corrected chi connectivity index (χ1v) is 5.98. The van der Waals surface area contributed by atoms with E-state index in [-0.39, 0.29) is 18.0 Å². The van der Waals surface area contributed by atoms with Crippen molar-refractivity contribution in [2.45, 2.75) is 26.4 Å². The van der Waals surface area contributed by atoms with Crippen LogP contribution in [0.3, 0.4) is 0 Å². The number of nitrogens with zero attached hydrogens (tertiary/aromatic N) is 1. The largest absolute Gasteiger partial charge is 0.345 e. The number of nitrogens with one attached hydrogen (secondary N) is 1. The van der Waals surface area contributed by atoms with Gasteiger partial charge in [0.2, 0.25) is 5.91 Å². The maximum atomic E-state index is 13.4. The van der Waals surface area contributed by atoms with Crippen LogP contribution in [-0.4, -0.2) is 30.4 Å². The Labute approximate surface area is 110 Å². The molecule has 19 heavy (non-hydrogen) atoms. The van der Waals surface area contributed by atoms with E-state index in [9.17, 15) is 18.0 Å². The maximum Gasteiger partial charge on any atom is 0.239 e. The van der Waals surface area contributed by atoms with Gasteiger partial charge in [0, 0.05) is 31.8 Å². The van der Waals surface area contributed by atoms with Crippen LogP contribution in [0, 0.1) is 17.5 Å². The van der Waals surface area contributed by atoms with Crippen molar-refractivity contribution >= 4 is 5.91 Å². The topological polar surface area (TPSA) is 32.3 Å². The molecule has 0 saturated heterocycles. The summed E-state index contributed by atoms with van der Waals surface area (Å²) in [6.45, 7) is 3.98. The molecule has 0 aliphatic carbocycles. The lowest BCUT2D eigenvalue weighted by atomic mass is 10.2. The van der Waals surface area contributed by atoms with Crippen molar-refractivity contribution in [2.24, 2.45) is 0 Å². The monoisotopic (exact) mass is 274 g/mol. The van der Waals surface area contributed by atoms with Crippen molar-refractivity contribution in [3.05, 3.63) is 35.1 Å². The second kappa shape index (κ2) is 6.56. The number of carbonyl (C=O) groups is 1. The van der Waals surface area contributed by atoms with Gasteiger partial charge in [-0.05, 0) is 19.9 Å². The number of likely N-dealkylation sites (N-methyl/N-ethyl adjacent to an activating group) is 1. The smallest absolute Gasteiger partial charge is 0.239 e. The van der Waals surface area contributed by atoms with Gasteiger partial charge < -0.3 is 10.2 Å². The van der Waals surface area contributed by atoms with Gasteiger partial charge in [-0.1, -0.05) is 0 Å². The molecule has 1 aromatic carbocycles. The van der Waals surface area contributed by atoms with E-state index in [4.69, 9.17) is 0 Å². The number of halogens is 3. The van der Waals surface area contributed by atoms with Crippen molar-refractivity contribution in [1.29, 1.82) is 0 Å². The number of rotatable bonds is 5. The first-order chi connectivity index (χ1) is 8.86. The van der Waals surface area contributed by atoms with Crippen molar-refractivity contribution in [1.82, 2.24) is 10.2 Å². The molecule has 0 aliphatic rings. The Balaban J connectivity index is 2.67. The molecular formula is C13H17F3N2O. The van der Waals surface area contributed by atoms with Crippen LogP contribution in [0.1, 0.15) is 19.4 Å². The summed E-state index contributed by atoms with van der Waals surface area (Å²) in [5.74, 6) is -3.32. The summed E-state index contributed by atoms with van der Waals surface area (Å²) in [5, 5.41) is 2.78. The summed E-state index contributed by atoms with van der Waals surface area (Å²) in [5.41, 5.74) is -0.0160. The zero-order valence-corrected chi connectivity index (χ0v) is 11.1. The van der Waals surface area contributed by atoms with Crippen LogP contribution in [0.4, 0.5) is 13.2 Å². The number of benzene rings is 1. The molecule has 1 amide bonds. The molecule has 1 unspecified atom stereocenters. The highest BCUT2D eigenvalue weighted by Crippen LogP contribution is 2.13. The second-order valence-electron chi connectivity index (χ2n) is 4.31. The molecule has 0 spiro atoms. The minimum Gasteiger partial charge on any atom is -0.345 e. The van der Waals surface area contributed by atoms with Gasteiger partial charge in [-0.25, -0.2) is 13.2 Å². The van der Waals surface area contributed by atoms with E-state index in [1.54, 1.807) is 14.0 Å². The summed E-state index contributed by atoms with van der Waals surface area (Å²) in [4.78, 5) is 13.3. The SMILES string of the molecule is CCN(C)C(=O)C(C)NCc1cc(F)c(F)cc1F. The van der Waals surface area contributed by atoms with Crippen LogP contribution in [0.25, 0.3) is 0 Å². The van der Waals surface area contributed by atoms with Gasteiger partial charge in [0.1, 0.15) is 5.82 Å². The van der Waals surface area contributed by atoms with Crippen LogP contribution >= 0.6 is 0 Å². The maximum absolute atomic E-state index is 13.4. The van der Waals surface area contributed by atoms with Gasteiger partial charge in [0.15, 0.2) is 11.6 Å². The van der Waals surface area contributed by atoms with Crippen LogP contribution in [0.2, 0.25) is 0 Å². The van der Waals surface area contributed by atoms with Crippen LogP contribution in [-0.2, 0) is 11.3 Å². The molecule has 6 heteroatoms. The van der Waals surface area contributed by atoms with Gasteiger partial charge in [-0.2, -0.15) is 0 Å². The fraction of sp³-hybridized carbons (Fsp3) is 0.462. The molecule has 0 aliphatic heterocycles. The van der Waals surface area contributed by atoms with Crippen LogP contribution < -0.4 is 5.32 Å². The standard InChI is InChI=1S/C13H17F3N2O/c1-4-18(3)13(19)8(2)17-7-9-5-11(15)12(16)6-10(9)14/h5-6,8,17H,4,7H2,1-3H3. The Kier molecular flexibility index (Phi) is 5.35. The molecule has 0 heterocycles. The van der Waals surface area contributed by atoms with Crippen LogP contribution in [0.15, 0.2) is 12.1 Å². The molecule has 0 radical (unpaired) electrons. The van der Waals surface area contributed by atoms with E-state index in [2.05, 4.69) is 5.32 Å². The van der Waals surface area contributed by atoms with E-state index >= 15 is 0 Å². The molecular weight excluding hydrogens is 257 g/mol. The van der Waals surface area contributed by atoms with Crippen molar-refractivity contribution in [3.63, 3.8) is 0 Å². The lowest BCUT2D eigenvalue weighted by Crippen LogP contribution is -2.42. The number of hydrogen-bond donors (Lipinski definition) is 1. The quantitative estimate of drug-likeness (QED) is 0.834. The molecule has 1 atom stereocenters. The molecule has 3 nitrogen and oxygen atoms in total. The minimum atomic E-state index is -1.23. The third-order valence-corrected chi connectivity index (χ3v) is 2.91. The summed E-state index contributed by atoms with van der Waals surface area (Å²) >= 11 is 0. The normalized spacial score (nSPS) is 12.3. The summed E-state index contributed by atoms with van der Waals surface area (Å²) in [7, 11) is 1.65. The highest BCUT2D eigenvalue weighted by atomic mass is 19.2. The van der Waals surface area contributed by atoms with Gasteiger partial charge in [-0.3, -0.25) is 4.79 Å². The predicted molar refractivity (Wildman–Crippen MR) is 65.9 cm³/mol. The fourth-order valence-corrected chi connectivity index (χ4v) is 1.54. The van der Waals surface area contributed by atoms with E-state index in [0.717, 1.165) is 6.07 Å². The average molecular weight is 274 g/mol. The van der Waals surface area contributed by atoms with Gasteiger partial charge in [0.25, 0.3) is 0 Å². The Morgan fingerprint density at radius 1 is 1.26 bits per heavy atom. The lowest BCUT2D eigenvalue weighted by molar-refractivity contribution is -0.131. The highest BCUT2D eigenvalue weighted by molar-refractivity contribution is 5.81. The van der Waals surface area contributed by atoms with Crippen LogP contribution in [0.5, 0.6) is 0 Å². The van der Waals surface area contributed by atoms with Gasteiger partial charge in [-0.15, -0.1) is 0 Å². The fourth-order valence-electron chi connectivity index (χ4n) is 1.54. The number of hydrogen-bond acceptors (Lipinski definition) is 2. The van der Waals surface area contributed by atoms with Crippen molar-refractivity contribution in [2.75, 3.05) is 13.6 Å². The second-order valence-corrected chi connectivity index (χ2v) is 4.31. The molecule has 0 aromatic heterocycles. The Morgan fingerprint density at radius 2 is 1.84 bits per heavy atom. The molecule has 106 valence electrons. The van der Waals surface area contributed by atoms with Gasteiger partial charge in [0.05, 0.1) is 6.04 Å². The third kappa shape index (κ3) is 3.96. The van der Waals surface area contributed by atoms with E-state index in [0.29, 0.717) is 12.6 Å². The summed E-state index contributed by atoms with van der Waals surface area (Å²) in [6.07, 6.45) is 0. The molecule has 0 bridgehead atoms. The van der Waals surface area contributed by atoms with Crippen molar-refractivity contribution in [3.8, 4) is 0 Å². The summed E-state index contributed by atoms with van der Waals surface area (Å²) in [6, 6.07) is 0.757. The van der Waals surface area contributed by atoms with E-state index in [1.165, 1.54) is 4.90 Å². The van der Waals surface area contributed by atoms with E-state index < -0.39 is 23.5 Å². The Bertz CT molecular complexity index is 465. The molecule has 1 N–H and O–H groups in total.